The number of allylic oxidation sites excluding steroid dienone is 8. The topological polar surface area (TPSA) is 101 Å². The Labute approximate surface area is 234 Å². The van der Waals surface area contributed by atoms with Crippen LogP contribution in [0.4, 0.5) is 0 Å². The second kappa shape index (κ2) is 16.9. The number of carbonyl (C=O) groups is 3. The first-order valence-electron chi connectivity index (χ1n) is 14.0. The first-order valence-corrected chi connectivity index (χ1v) is 14.0. The van der Waals surface area contributed by atoms with Gasteiger partial charge in [0.2, 0.25) is 0 Å². The van der Waals surface area contributed by atoms with Crippen LogP contribution in [0.1, 0.15) is 74.7 Å². The number of hydrogen-bond acceptors (Lipinski definition) is 5. The van der Waals surface area contributed by atoms with Crippen molar-refractivity contribution in [2.24, 2.45) is 29.6 Å². The first kappa shape index (κ1) is 34.0. The predicted molar refractivity (Wildman–Crippen MR) is 157 cm³/mol. The monoisotopic (exact) mass is 540 g/mol. The molecule has 0 saturated heterocycles. The minimum absolute atomic E-state index is 0.0360. The molecule has 0 radical (unpaired) electrons. The van der Waals surface area contributed by atoms with Crippen molar-refractivity contribution in [3.05, 3.63) is 71.4 Å². The van der Waals surface area contributed by atoms with Gasteiger partial charge in [-0.05, 0) is 51.0 Å². The Morgan fingerprint density at radius 2 is 1.77 bits per heavy atom. The third kappa shape index (κ3) is 12.6. The van der Waals surface area contributed by atoms with Gasteiger partial charge in [0.1, 0.15) is 11.9 Å². The van der Waals surface area contributed by atoms with Gasteiger partial charge in [0, 0.05) is 29.9 Å². The zero-order chi connectivity index (χ0) is 29.7. The molecular formula is C33H48O6. The minimum atomic E-state index is -1.01. The molecule has 39 heavy (non-hydrogen) atoms. The molecule has 1 rings (SSSR count). The fourth-order valence-electron chi connectivity index (χ4n) is 4.75. The number of ketones is 1. The summed E-state index contributed by atoms with van der Waals surface area (Å²) in [6, 6.07) is 0. The number of rotatable bonds is 15. The summed E-state index contributed by atoms with van der Waals surface area (Å²) in [5.74, 6) is -2.01. The number of carboxylic acids is 1. The average Bonchev–Trinajstić information content (AvgIpc) is 2.86. The highest BCUT2D eigenvalue weighted by atomic mass is 16.5. The van der Waals surface area contributed by atoms with Gasteiger partial charge in [-0.25, -0.2) is 9.59 Å². The first-order chi connectivity index (χ1) is 18.2. The summed E-state index contributed by atoms with van der Waals surface area (Å²) in [5.41, 5.74) is 2.84. The SMILES string of the molecule is CCC(C=C[C@@H]1OC(=O)C=C[C@@H]1C)=C[C@H](C)CC=CC(C)=C[C@@H](C)C(=O)[C@@H](C)[C@H](O)[C@@H](C)C/C(C)=C/C(=O)O. The highest BCUT2D eigenvalue weighted by molar-refractivity contribution is 5.85. The largest absolute Gasteiger partial charge is 0.478 e. The molecule has 0 aromatic heterocycles. The molecular weight excluding hydrogens is 492 g/mol. The van der Waals surface area contributed by atoms with E-state index in [0.717, 1.165) is 24.5 Å². The quantitative estimate of drug-likeness (QED) is 0.135. The van der Waals surface area contributed by atoms with Crippen molar-refractivity contribution in [2.45, 2.75) is 86.9 Å². The number of Topliss-reactive ketones (excluding diaryl/α,β-unsaturated/α-hetero) is 1. The van der Waals surface area contributed by atoms with Crippen LogP contribution in [0.2, 0.25) is 0 Å². The van der Waals surface area contributed by atoms with Gasteiger partial charge in [0.15, 0.2) is 0 Å². The molecule has 6 nitrogen and oxygen atoms in total. The lowest BCUT2D eigenvalue weighted by atomic mass is 9.83. The van der Waals surface area contributed by atoms with Crippen LogP contribution >= 0.6 is 0 Å². The number of esters is 1. The molecule has 0 aromatic carbocycles. The van der Waals surface area contributed by atoms with Crippen LogP contribution in [0.25, 0.3) is 0 Å². The number of ether oxygens (including phenoxy) is 1. The normalized spacial score (nSPS) is 23.0. The Balaban J connectivity index is 2.69. The van der Waals surface area contributed by atoms with Crippen molar-refractivity contribution >= 4 is 17.7 Å². The molecule has 1 heterocycles. The number of aliphatic hydroxyl groups excluding tert-OH is 1. The van der Waals surface area contributed by atoms with Crippen LogP contribution in [0.3, 0.4) is 0 Å². The third-order valence-electron chi connectivity index (χ3n) is 7.12. The number of aliphatic carboxylic acids is 1. The Hall–Kier alpha value is -2.99. The number of aliphatic hydroxyl groups is 1. The van der Waals surface area contributed by atoms with Gasteiger partial charge in [-0.3, -0.25) is 4.79 Å². The van der Waals surface area contributed by atoms with Crippen LogP contribution < -0.4 is 0 Å². The van der Waals surface area contributed by atoms with E-state index >= 15 is 0 Å². The number of carboxylic acid groups (broad SMARTS) is 1. The molecule has 6 heteroatoms. The van der Waals surface area contributed by atoms with Crippen LogP contribution in [0.15, 0.2) is 71.4 Å². The van der Waals surface area contributed by atoms with E-state index in [2.05, 4.69) is 26.0 Å². The molecule has 0 bridgehead atoms. The molecule has 0 saturated carbocycles. The highest BCUT2D eigenvalue weighted by Gasteiger charge is 2.29. The van der Waals surface area contributed by atoms with E-state index in [4.69, 9.17) is 9.84 Å². The fraction of sp³-hybridized carbons (Fsp3) is 0.545. The maximum Gasteiger partial charge on any atom is 0.331 e. The zero-order valence-corrected chi connectivity index (χ0v) is 24.9. The van der Waals surface area contributed by atoms with E-state index in [1.165, 1.54) is 11.6 Å². The summed E-state index contributed by atoms with van der Waals surface area (Å²) in [7, 11) is 0. The number of hydrogen-bond donors (Lipinski definition) is 2. The van der Waals surface area contributed by atoms with Gasteiger partial charge in [0.05, 0.1) is 6.10 Å². The second-order valence-corrected chi connectivity index (χ2v) is 11.1. The summed E-state index contributed by atoms with van der Waals surface area (Å²) in [5, 5.41) is 19.6. The summed E-state index contributed by atoms with van der Waals surface area (Å²) in [4.78, 5) is 35.3. The van der Waals surface area contributed by atoms with Crippen molar-refractivity contribution in [2.75, 3.05) is 0 Å². The lowest BCUT2D eigenvalue weighted by molar-refractivity contribution is -0.143. The molecule has 1 aliphatic rings. The summed E-state index contributed by atoms with van der Waals surface area (Å²) < 4.78 is 5.39. The summed E-state index contributed by atoms with van der Waals surface area (Å²) in [6.07, 6.45) is 17.8. The van der Waals surface area contributed by atoms with Gasteiger partial charge >= 0.3 is 11.9 Å². The van der Waals surface area contributed by atoms with E-state index < -0.39 is 18.0 Å². The van der Waals surface area contributed by atoms with Crippen molar-refractivity contribution < 1.29 is 29.3 Å². The maximum atomic E-state index is 13.0. The molecule has 7 atom stereocenters. The van der Waals surface area contributed by atoms with Crippen LogP contribution in [0.5, 0.6) is 0 Å². The molecule has 0 aliphatic carbocycles. The van der Waals surface area contributed by atoms with Gasteiger partial charge in [-0.15, -0.1) is 0 Å². The van der Waals surface area contributed by atoms with Gasteiger partial charge < -0.3 is 14.9 Å². The Kier molecular flexibility index (Phi) is 14.7. The smallest absolute Gasteiger partial charge is 0.331 e. The Morgan fingerprint density at radius 1 is 1.10 bits per heavy atom. The molecule has 1 aliphatic heterocycles. The second-order valence-electron chi connectivity index (χ2n) is 11.1. The van der Waals surface area contributed by atoms with E-state index in [1.54, 1.807) is 13.8 Å². The van der Waals surface area contributed by atoms with Crippen LogP contribution in [-0.2, 0) is 19.1 Å². The van der Waals surface area contributed by atoms with Gasteiger partial charge in [0.25, 0.3) is 0 Å². The maximum absolute atomic E-state index is 13.0. The standard InChI is InChI=1S/C33H48O6/c1-9-28(14-15-29-24(5)13-16-31(36)39-29)19-22(3)12-10-11-21(2)17-25(6)32(37)27(8)33(38)26(7)18-23(4)20-30(34)35/h10-11,13-17,19-20,22,24-27,29,33,38H,9,12,18H2,1-8H3,(H,34,35)/b11-10?,15-14?,21-17?,23-20+,28-19?/t22-,24+,25-,26+,27-,29+,33-/m1/s1. The van der Waals surface area contributed by atoms with E-state index in [1.807, 2.05) is 58.1 Å². The number of carbonyl (C=O) groups excluding carboxylic acids is 2. The lowest BCUT2D eigenvalue weighted by Crippen LogP contribution is -2.34. The van der Waals surface area contributed by atoms with Gasteiger partial charge in [-0.2, -0.15) is 0 Å². The third-order valence-corrected chi connectivity index (χ3v) is 7.12. The van der Waals surface area contributed by atoms with Gasteiger partial charge in [-0.1, -0.05) is 94.7 Å². The van der Waals surface area contributed by atoms with Crippen molar-refractivity contribution in [1.29, 1.82) is 0 Å². The Bertz CT molecular complexity index is 1020. The Morgan fingerprint density at radius 3 is 2.38 bits per heavy atom. The molecule has 2 N–H and O–H groups in total. The molecule has 0 unspecified atom stereocenters. The molecule has 0 fully saturated rings. The summed E-state index contributed by atoms with van der Waals surface area (Å²) >= 11 is 0. The highest BCUT2D eigenvalue weighted by Crippen LogP contribution is 2.24. The molecule has 0 amide bonds. The molecule has 0 aromatic rings. The van der Waals surface area contributed by atoms with E-state index in [9.17, 15) is 19.5 Å². The van der Waals surface area contributed by atoms with Crippen molar-refractivity contribution in [3.63, 3.8) is 0 Å². The molecule has 0 spiro atoms. The molecule has 216 valence electrons. The fourth-order valence-corrected chi connectivity index (χ4v) is 4.75. The average molecular weight is 541 g/mol. The van der Waals surface area contributed by atoms with Crippen molar-refractivity contribution in [3.8, 4) is 0 Å². The lowest BCUT2D eigenvalue weighted by Gasteiger charge is -2.25. The number of cyclic esters (lactones) is 1. The van der Waals surface area contributed by atoms with Crippen molar-refractivity contribution in [1.82, 2.24) is 0 Å². The summed E-state index contributed by atoms with van der Waals surface area (Å²) in [6.45, 7) is 15.4. The van der Waals surface area contributed by atoms with E-state index in [-0.39, 0.29) is 35.6 Å². The zero-order valence-electron chi connectivity index (χ0n) is 24.9. The minimum Gasteiger partial charge on any atom is -0.478 e. The van der Waals surface area contributed by atoms with E-state index in [0.29, 0.717) is 17.9 Å². The predicted octanol–water partition coefficient (Wildman–Crippen LogP) is 6.78. The van der Waals surface area contributed by atoms with Crippen LogP contribution in [-0.4, -0.2) is 40.1 Å². The van der Waals surface area contributed by atoms with Crippen LogP contribution in [0, 0.1) is 29.6 Å².